The van der Waals surface area contributed by atoms with E-state index in [0.29, 0.717) is 12.1 Å². The third-order valence-electron chi connectivity index (χ3n) is 7.05. The molecule has 36 heavy (non-hydrogen) atoms. The van der Waals surface area contributed by atoms with Gasteiger partial charge in [-0.2, -0.15) is 0 Å². The number of aryl methyl sites for hydroxylation is 1. The van der Waals surface area contributed by atoms with Crippen molar-refractivity contribution in [3.05, 3.63) is 53.6 Å². The summed E-state index contributed by atoms with van der Waals surface area (Å²) in [6.45, 7) is 12.7. The summed E-state index contributed by atoms with van der Waals surface area (Å²) in [6.07, 6.45) is 5.69. The highest BCUT2D eigenvalue weighted by Crippen LogP contribution is 2.31. The van der Waals surface area contributed by atoms with Crippen molar-refractivity contribution in [2.75, 3.05) is 47.8 Å². The second-order valence-electron chi connectivity index (χ2n) is 9.87. The van der Waals surface area contributed by atoms with Crippen LogP contribution in [-0.2, 0) is 4.79 Å². The quantitative estimate of drug-likeness (QED) is 0.356. The fourth-order valence-corrected chi connectivity index (χ4v) is 4.98. The first-order chi connectivity index (χ1) is 17.5. The smallest absolute Gasteiger partial charge is 0.251 e. The van der Waals surface area contributed by atoms with Gasteiger partial charge in [-0.15, -0.1) is 0 Å². The minimum absolute atomic E-state index is 0.00668. The molecule has 2 aromatic rings. The van der Waals surface area contributed by atoms with Gasteiger partial charge in [0.2, 0.25) is 5.91 Å². The van der Waals surface area contributed by atoms with Crippen molar-refractivity contribution in [1.29, 1.82) is 0 Å². The first-order valence-electron chi connectivity index (χ1n) is 13.8. The Kier molecular flexibility index (Phi) is 10.6. The van der Waals surface area contributed by atoms with Gasteiger partial charge in [0, 0.05) is 49.9 Å². The summed E-state index contributed by atoms with van der Waals surface area (Å²) >= 11 is 0. The van der Waals surface area contributed by atoms with Gasteiger partial charge in [0.25, 0.3) is 5.91 Å². The second-order valence-corrected chi connectivity index (χ2v) is 9.87. The van der Waals surface area contributed by atoms with E-state index in [1.807, 2.05) is 18.2 Å². The number of para-hydroxylation sites is 1. The summed E-state index contributed by atoms with van der Waals surface area (Å²) in [7, 11) is 0. The van der Waals surface area contributed by atoms with Crippen LogP contribution in [0.1, 0.15) is 75.2 Å². The number of piperazine rings is 1. The molecule has 0 atom stereocenters. The van der Waals surface area contributed by atoms with Gasteiger partial charge in [-0.3, -0.25) is 9.59 Å². The Labute approximate surface area is 217 Å². The van der Waals surface area contributed by atoms with Gasteiger partial charge in [0.15, 0.2) is 0 Å². The molecule has 0 aromatic heterocycles. The van der Waals surface area contributed by atoms with Gasteiger partial charge in [0.1, 0.15) is 0 Å². The van der Waals surface area contributed by atoms with Crippen LogP contribution >= 0.6 is 0 Å². The normalized spacial score (nSPS) is 13.7. The number of benzene rings is 2. The van der Waals surface area contributed by atoms with Crippen LogP contribution in [0.15, 0.2) is 42.5 Å². The molecule has 0 spiro atoms. The standard InChI is InChI=1S/C30H44N4O2/c1-5-8-17-31-29(35)25-15-16-28(26(22-25)32-30(36)24(11-6-2)12-7-3)34-20-18-33(19-21-34)27-14-10-9-13-23(27)4/h9-10,13-16,22,24H,5-8,11-12,17-21H2,1-4H3,(H,31,35)(H,32,36). The zero-order valence-electron chi connectivity index (χ0n) is 22.6. The van der Waals surface area contributed by atoms with Crippen LogP contribution in [-0.4, -0.2) is 44.5 Å². The molecule has 1 heterocycles. The van der Waals surface area contributed by atoms with E-state index in [2.05, 4.69) is 72.4 Å². The predicted molar refractivity (Wildman–Crippen MR) is 151 cm³/mol. The van der Waals surface area contributed by atoms with Crippen LogP contribution < -0.4 is 20.4 Å². The van der Waals surface area contributed by atoms with Crippen molar-refractivity contribution in [2.45, 2.75) is 66.2 Å². The first-order valence-corrected chi connectivity index (χ1v) is 13.8. The summed E-state index contributed by atoms with van der Waals surface area (Å²) in [5.41, 5.74) is 4.89. The molecule has 0 bridgehead atoms. The van der Waals surface area contributed by atoms with Crippen molar-refractivity contribution in [3.63, 3.8) is 0 Å². The molecule has 0 aliphatic carbocycles. The summed E-state index contributed by atoms with van der Waals surface area (Å²) in [4.78, 5) is 30.8. The fraction of sp³-hybridized carbons (Fsp3) is 0.533. The summed E-state index contributed by atoms with van der Waals surface area (Å²) in [5, 5.41) is 6.22. The van der Waals surface area contributed by atoms with Gasteiger partial charge in [-0.1, -0.05) is 58.2 Å². The Morgan fingerprint density at radius 3 is 2.11 bits per heavy atom. The number of hydrogen-bond donors (Lipinski definition) is 2. The molecule has 2 N–H and O–H groups in total. The molecule has 2 amide bonds. The maximum Gasteiger partial charge on any atom is 0.251 e. The van der Waals surface area contributed by atoms with E-state index in [4.69, 9.17) is 0 Å². The van der Waals surface area contributed by atoms with Crippen molar-refractivity contribution < 1.29 is 9.59 Å². The van der Waals surface area contributed by atoms with Crippen LogP contribution in [0.2, 0.25) is 0 Å². The van der Waals surface area contributed by atoms with Gasteiger partial charge in [0.05, 0.1) is 11.4 Å². The fourth-order valence-electron chi connectivity index (χ4n) is 4.98. The zero-order valence-corrected chi connectivity index (χ0v) is 22.6. The topological polar surface area (TPSA) is 64.7 Å². The number of rotatable bonds is 12. The highest BCUT2D eigenvalue weighted by Gasteiger charge is 2.24. The molecule has 2 aromatic carbocycles. The summed E-state index contributed by atoms with van der Waals surface area (Å²) < 4.78 is 0. The number of amides is 2. The minimum Gasteiger partial charge on any atom is -0.368 e. The Bertz CT molecular complexity index is 992. The van der Waals surface area contributed by atoms with E-state index >= 15 is 0 Å². The van der Waals surface area contributed by atoms with E-state index in [-0.39, 0.29) is 17.7 Å². The zero-order chi connectivity index (χ0) is 25.9. The highest BCUT2D eigenvalue weighted by molar-refractivity contribution is 6.00. The van der Waals surface area contributed by atoms with E-state index in [0.717, 1.165) is 76.1 Å². The number of nitrogens with zero attached hydrogens (tertiary/aromatic N) is 2. The Balaban J connectivity index is 1.81. The molecular weight excluding hydrogens is 448 g/mol. The Morgan fingerprint density at radius 1 is 0.861 bits per heavy atom. The third-order valence-corrected chi connectivity index (χ3v) is 7.05. The molecule has 3 rings (SSSR count). The minimum atomic E-state index is -0.0893. The van der Waals surface area contributed by atoms with Crippen LogP contribution in [0.4, 0.5) is 17.1 Å². The number of hydrogen-bond acceptors (Lipinski definition) is 4. The number of unbranched alkanes of at least 4 members (excludes halogenated alkanes) is 1. The van der Waals surface area contributed by atoms with Crippen molar-refractivity contribution >= 4 is 28.9 Å². The number of anilines is 3. The van der Waals surface area contributed by atoms with Crippen LogP contribution in [0.3, 0.4) is 0 Å². The molecule has 0 saturated carbocycles. The summed E-state index contributed by atoms with van der Waals surface area (Å²) in [5.74, 6) is -0.0386. The molecule has 196 valence electrons. The number of carbonyl (C=O) groups is 2. The van der Waals surface area contributed by atoms with Gasteiger partial charge in [-0.05, 0) is 56.0 Å². The monoisotopic (exact) mass is 492 g/mol. The molecule has 1 saturated heterocycles. The third kappa shape index (κ3) is 7.25. The molecular formula is C30H44N4O2. The molecule has 1 aliphatic heterocycles. The molecule has 1 aliphatic rings. The van der Waals surface area contributed by atoms with Crippen LogP contribution in [0.25, 0.3) is 0 Å². The molecule has 0 unspecified atom stereocenters. The van der Waals surface area contributed by atoms with E-state index < -0.39 is 0 Å². The van der Waals surface area contributed by atoms with E-state index in [1.54, 1.807) is 0 Å². The average molecular weight is 493 g/mol. The number of nitrogens with one attached hydrogen (secondary N) is 2. The lowest BCUT2D eigenvalue weighted by Crippen LogP contribution is -2.47. The van der Waals surface area contributed by atoms with Crippen LogP contribution in [0.5, 0.6) is 0 Å². The van der Waals surface area contributed by atoms with Gasteiger partial charge >= 0.3 is 0 Å². The Morgan fingerprint density at radius 2 is 1.50 bits per heavy atom. The summed E-state index contributed by atoms with van der Waals surface area (Å²) in [6, 6.07) is 14.3. The maximum atomic E-state index is 13.3. The molecule has 1 fully saturated rings. The van der Waals surface area contributed by atoms with Crippen LogP contribution in [0, 0.1) is 12.8 Å². The average Bonchev–Trinajstić information content (AvgIpc) is 2.89. The van der Waals surface area contributed by atoms with Gasteiger partial charge < -0.3 is 20.4 Å². The number of carbonyl (C=O) groups excluding carboxylic acids is 2. The van der Waals surface area contributed by atoms with E-state index in [1.165, 1.54) is 11.3 Å². The van der Waals surface area contributed by atoms with Crippen molar-refractivity contribution in [2.24, 2.45) is 5.92 Å². The van der Waals surface area contributed by atoms with Gasteiger partial charge in [-0.25, -0.2) is 0 Å². The van der Waals surface area contributed by atoms with Crippen molar-refractivity contribution in [1.82, 2.24) is 5.32 Å². The highest BCUT2D eigenvalue weighted by atomic mass is 16.2. The molecule has 0 radical (unpaired) electrons. The Hall–Kier alpha value is -3.02. The van der Waals surface area contributed by atoms with E-state index in [9.17, 15) is 9.59 Å². The lowest BCUT2D eigenvalue weighted by Gasteiger charge is -2.38. The largest absolute Gasteiger partial charge is 0.368 e. The second kappa shape index (κ2) is 13.9. The molecule has 6 heteroatoms. The predicted octanol–water partition coefficient (Wildman–Crippen LogP) is 6.01. The molecule has 6 nitrogen and oxygen atoms in total. The lowest BCUT2D eigenvalue weighted by molar-refractivity contribution is -0.120. The van der Waals surface area contributed by atoms with Crippen molar-refractivity contribution in [3.8, 4) is 0 Å². The lowest BCUT2D eigenvalue weighted by atomic mass is 9.97. The SMILES string of the molecule is CCCCNC(=O)c1ccc(N2CCN(c3ccccc3C)CC2)c(NC(=O)C(CCC)CCC)c1. The first kappa shape index (κ1) is 27.6. The maximum absolute atomic E-state index is 13.3.